The molecule has 0 amide bonds. The highest BCUT2D eigenvalue weighted by Crippen LogP contribution is 2.19. The van der Waals surface area contributed by atoms with E-state index in [1.165, 1.54) is 48.5 Å². The van der Waals surface area contributed by atoms with Crippen molar-refractivity contribution >= 4 is 17.3 Å². The van der Waals surface area contributed by atoms with E-state index in [1.54, 1.807) is 0 Å². The summed E-state index contributed by atoms with van der Waals surface area (Å²) in [5.74, 6) is -0.567. The highest BCUT2D eigenvalue weighted by atomic mass is 16.6. The average Bonchev–Trinajstić information content (AvgIpc) is 2.47. The molecule has 0 bridgehead atoms. The maximum Gasteiger partial charge on any atom is 0.343 e. The lowest BCUT2D eigenvalue weighted by atomic mass is 10.2. The molecule has 0 saturated carbocycles. The smallest absolute Gasteiger partial charge is 0.343 e. The van der Waals surface area contributed by atoms with Gasteiger partial charge in [0, 0.05) is 24.3 Å². The lowest BCUT2D eigenvalue weighted by Crippen LogP contribution is -2.08. The molecular weight excluding hydrogens is 280 g/mol. The number of hydrogen-bond donors (Lipinski definition) is 0. The van der Waals surface area contributed by atoms with Crippen LogP contribution in [-0.4, -0.2) is 15.8 Å². The molecule has 106 valence electrons. The number of nitrogens with zero attached hydrogens (tertiary/aromatic N) is 2. The number of nitro groups is 2. The van der Waals surface area contributed by atoms with Crippen molar-refractivity contribution in [1.82, 2.24) is 0 Å². The summed E-state index contributed by atoms with van der Waals surface area (Å²) in [5.41, 5.74) is -0.119. The third kappa shape index (κ3) is 3.38. The quantitative estimate of drug-likeness (QED) is 0.370. The maximum atomic E-state index is 11.8. The third-order valence-corrected chi connectivity index (χ3v) is 2.57. The number of hydrogen-bond acceptors (Lipinski definition) is 6. The summed E-state index contributed by atoms with van der Waals surface area (Å²) in [6.45, 7) is 0. The van der Waals surface area contributed by atoms with Crippen LogP contribution >= 0.6 is 0 Å². The van der Waals surface area contributed by atoms with Crippen molar-refractivity contribution in [2.24, 2.45) is 0 Å². The van der Waals surface area contributed by atoms with Crippen LogP contribution in [0.25, 0.3) is 0 Å². The monoisotopic (exact) mass is 288 g/mol. The number of carbonyl (C=O) groups is 1. The summed E-state index contributed by atoms with van der Waals surface area (Å²) in [6, 6.07) is 9.91. The van der Waals surface area contributed by atoms with Gasteiger partial charge in [0.2, 0.25) is 0 Å². The highest BCUT2D eigenvalue weighted by molar-refractivity contribution is 5.91. The van der Waals surface area contributed by atoms with Crippen LogP contribution in [0.1, 0.15) is 10.4 Å². The summed E-state index contributed by atoms with van der Waals surface area (Å²) in [4.78, 5) is 31.6. The second-order valence-electron chi connectivity index (χ2n) is 3.94. The Morgan fingerprint density at radius 2 is 1.24 bits per heavy atom. The summed E-state index contributed by atoms with van der Waals surface area (Å²) in [6.07, 6.45) is 0. The molecule has 0 aromatic heterocycles. The van der Waals surface area contributed by atoms with Gasteiger partial charge in [-0.1, -0.05) is 0 Å². The molecule has 0 heterocycles. The topological polar surface area (TPSA) is 113 Å². The molecule has 0 aliphatic carbocycles. The van der Waals surface area contributed by atoms with E-state index in [0.29, 0.717) is 0 Å². The molecule has 0 aliphatic heterocycles. The van der Waals surface area contributed by atoms with Crippen LogP contribution in [0.4, 0.5) is 11.4 Å². The van der Waals surface area contributed by atoms with Crippen molar-refractivity contribution in [2.75, 3.05) is 0 Å². The van der Waals surface area contributed by atoms with Crippen molar-refractivity contribution < 1.29 is 19.4 Å². The van der Waals surface area contributed by atoms with E-state index in [2.05, 4.69) is 0 Å². The molecule has 2 rings (SSSR count). The number of non-ortho nitro benzene ring substituents is 2. The lowest BCUT2D eigenvalue weighted by molar-refractivity contribution is -0.385. The summed E-state index contributed by atoms with van der Waals surface area (Å²) < 4.78 is 5.00. The van der Waals surface area contributed by atoms with E-state index in [9.17, 15) is 25.0 Å². The Morgan fingerprint density at radius 1 is 0.810 bits per heavy atom. The third-order valence-electron chi connectivity index (χ3n) is 2.57. The first-order chi connectivity index (χ1) is 9.97. The van der Waals surface area contributed by atoms with E-state index < -0.39 is 15.8 Å². The SMILES string of the molecule is O=C(Oc1ccc([N+](=O)[O-])cc1)c1ccc([N+](=O)[O-])cc1. The number of benzene rings is 2. The Kier molecular flexibility index (Phi) is 3.89. The zero-order chi connectivity index (χ0) is 15.4. The van der Waals surface area contributed by atoms with Gasteiger partial charge in [0.15, 0.2) is 0 Å². The Bertz CT molecular complexity index is 694. The van der Waals surface area contributed by atoms with Crippen molar-refractivity contribution in [1.29, 1.82) is 0 Å². The molecule has 8 heteroatoms. The van der Waals surface area contributed by atoms with E-state index in [-0.39, 0.29) is 22.7 Å². The van der Waals surface area contributed by atoms with Gasteiger partial charge in [-0.15, -0.1) is 0 Å². The molecule has 0 radical (unpaired) electrons. The Morgan fingerprint density at radius 3 is 1.67 bits per heavy atom. The van der Waals surface area contributed by atoms with Gasteiger partial charge in [-0.3, -0.25) is 20.2 Å². The van der Waals surface area contributed by atoms with Gasteiger partial charge >= 0.3 is 5.97 Å². The fourth-order valence-electron chi connectivity index (χ4n) is 1.52. The van der Waals surface area contributed by atoms with Crippen LogP contribution in [0.5, 0.6) is 5.75 Å². The summed E-state index contributed by atoms with van der Waals surface area (Å²) >= 11 is 0. The van der Waals surface area contributed by atoms with Crippen molar-refractivity contribution in [3.8, 4) is 5.75 Å². The van der Waals surface area contributed by atoms with Crippen LogP contribution < -0.4 is 4.74 Å². The van der Waals surface area contributed by atoms with E-state index in [0.717, 1.165) is 0 Å². The van der Waals surface area contributed by atoms with Crippen LogP contribution in [0.15, 0.2) is 48.5 Å². The fourth-order valence-corrected chi connectivity index (χ4v) is 1.52. The van der Waals surface area contributed by atoms with Crippen LogP contribution in [0.2, 0.25) is 0 Å². The fraction of sp³-hybridized carbons (Fsp3) is 0. The number of rotatable bonds is 4. The molecule has 0 fully saturated rings. The lowest BCUT2D eigenvalue weighted by Gasteiger charge is -2.03. The number of nitro benzene ring substituents is 2. The zero-order valence-corrected chi connectivity index (χ0v) is 10.5. The standard InChI is InChI=1S/C13H8N2O6/c16-13(9-1-3-10(4-2-9)14(17)18)21-12-7-5-11(6-8-12)15(19)20/h1-8H. The minimum atomic E-state index is -0.709. The normalized spacial score (nSPS) is 9.90. The Labute approximate surface area is 117 Å². The Hall–Kier alpha value is -3.29. The van der Waals surface area contributed by atoms with E-state index >= 15 is 0 Å². The largest absolute Gasteiger partial charge is 0.423 e. The zero-order valence-electron chi connectivity index (χ0n) is 10.5. The van der Waals surface area contributed by atoms with Gasteiger partial charge in [-0.2, -0.15) is 0 Å². The molecular formula is C13H8N2O6. The second kappa shape index (κ2) is 5.78. The molecule has 0 N–H and O–H groups in total. The first kappa shape index (κ1) is 14.1. The van der Waals surface area contributed by atoms with Gasteiger partial charge in [-0.05, 0) is 24.3 Å². The number of carbonyl (C=O) groups excluding carboxylic acids is 1. The number of ether oxygens (including phenoxy) is 1. The van der Waals surface area contributed by atoms with E-state index in [4.69, 9.17) is 4.74 Å². The van der Waals surface area contributed by atoms with Crippen molar-refractivity contribution in [3.05, 3.63) is 74.3 Å². The molecule has 0 unspecified atom stereocenters. The highest BCUT2D eigenvalue weighted by Gasteiger charge is 2.12. The maximum absolute atomic E-state index is 11.8. The predicted octanol–water partition coefficient (Wildman–Crippen LogP) is 2.72. The summed E-state index contributed by atoms with van der Waals surface area (Å²) in [5, 5.41) is 21.0. The van der Waals surface area contributed by atoms with Gasteiger partial charge in [-0.25, -0.2) is 4.79 Å². The Balaban J connectivity index is 2.10. The van der Waals surface area contributed by atoms with Crippen LogP contribution in [0.3, 0.4) is 0 Å². The van der Waals surface area contributed by atoms with Gasteiger partial charge in [0.1, 0.15) is 5.75 Å². The molecule has 0 saturated heterocycles. The van der Waals surface area contributed by atoms with Crippen LogP contribution in [-0.2, 0) is 0 Å². The van der Waals surface area contributed by atoms with Crippen molar-refractivity contribution in [3.63, 3.8) is 0 Å². The molecule has 21 heavy (non-hydrogen) atoms. The molecule has 2 aromatic rings. The molecule has 0 aliphatic rings. The first-order valence-corrected chi connectivity index (χ1v) is 5.68. The van der Waals surface area contributed by atoms with Gasteiger partial charge in [0.25, 0.3) is 11.4 Å². The minimum Gasteiger partial charge on any atom is -0.423 e. The molecule has 2 aromatic carbocycles. The average molecular weight is 288 g/mol. The van der Waals surface area contributed by atoms with Gasteiger partial charge < -0.3 is 4.74 Å². The van der Waals surface area contributed by atoms with Crippen LogP contribution in [0, 0.1) is 20.2 Å². The van der Waals surface area contributed by atoms with Crippen molar-refractivity contribution in [2.45, 2.75) is 0 Å². The van der Waals surface area contributed by atoms with Gasteiger partial charge in [0.05, 0.1) is 15.4 Å². The number of esters is 1. The summed E-state index contributed by atoms with van der Waals surface area (Å²) in [7, 11) is 0. The second-order valence-corrected chi connectivity index (χ2v) is 3.94. The van der Waals surface area contributed by atoms with E-state index in [1.807, 2.05) is 0 Å². The first-order valence-electron chi connectivity index (χ1n) is 5.68. The molecule has 8 nitrogen and oxygen atoms in total. The predicted molar refractivity (Wildman–Crippen MR) is 71.2 cm³/mol. The molecule has 0 spiro atoms. The molecule has 0 atom stereocenters. The minimum absolute atomic E-state index is 0.120.